The second-order valence-electron chi connectivity index (χ2n) is 7.10. The van der Waals surface area contributed by atoms with Crippen LogP contribution in [-0.2, 0) is 14.8 Å². The van der Waals surface area contributed by atoms with Crippen LogP contribution in [-0.4, -0.2) is 47.4 Å². The van der Waals surface area contributed by atoms with Crippen LogP contribution in [0, 0.1) is 13.8 Å². The van der Waals surface area contributed by atoms with Crippen molar-refractivity contribution in [2.75, 3.05) is 37.4 Å². The van der Waals surface area contributed by atoms with Crippen LogP contribution in [0.4, 0.5) is 5.69 Å². The van der Waals surface area contributed by atoms with E-state index in [0.717, 1.165) is 16.9 Å². The highest BCUT2D eigenvalue weighted by molar-refractivity contribution is 7.92. The molecule has 0 atom stereocenters. The first-order valence-corrected chi connectivity index (χ1v) is 11.6. The molecule has 0 saturated heterocycles. The van der Waals surface area contributed by atoms with Gasteiger partial charge in [0.25, 0.3) is 0 Å². The maximum Gasteiger partial charge on any atom is 0.232 e. The summed E-state index contributed by atoms with van der Waals surface area (Å²) < 4.78 is 36.5. The highest BCUT2D eigenvalue weighted by Gasteiger charge is 2.19. The minimum atomic E-state index is -3.44. The van der Waals surface area contributed by atoms with Gasteiger partial charge in [0, 0.05) is 13.0 Å². The van der Waals surface area contributed by atoms with Crippen molar-refractivity contribution in [2.24, 2.45) is 0 Å². The van der Waals surface area contributed by atoms with Crippen molar-refractivity contribution in [3.05, 3.63) is 53.6 Å². The van der Waals surface area contributed by atoms with Gasteiger partial charge in [0.15, 0.2) is 0 Å². The number of benzene rings is 2. The SMILES string of the molecule is COc1ccc(OCCNC(=O)CCCN(c2cc(C)ccc2C)S(C)(=O)=O)cc1. The molecule has 0 fully saturated rings. The molecule has 0 spiro atoms. The highest BCUT2D eigenvalue weighted by atomic mass is 32.2. The summed E-state index contributed by atoms with van der Waals surface area (Å²) in [4.78, 5) is 12.1. The molecule has 7 nitrogen and oxygen atoms in total. The zero-order valence-electron chi connectivity index (χ0n) is 18.0. The first-order valence-electron chi connectivity index (χ1n) is 9.79. The number of carbonyl (C=O) groups excluding carboxylic acids is 1. The van der Waals surface area contributed by atoms with E-state index in [2.05, 4.69) is 5.32 Å². The van der Waals surface area contributed by atoms with E-state index < -0.39 is 10.0 Å². The topological polar surface area (TPSA) is 84.9 Å². The zero-order chi connectivity index (χ0) is 22.1. The molecule has 0 bridgehead atoms. The molecule has 0 unspecified atom stereocenters. The third-order valence-electron chi connectivity index (χ3n) is 4.55. The molecule has 164 valence electrons. The zero-order valence-corrected chi connectivity index (χ0v) is 18.8. The van der Waals surface area contributed by atoms with Crippen molar-refractivity contribution in [3.63, 3.8) is 0 Å². The number of hydrogen-bond acceptors (Lipinski definition) is 5. The van der Waals surface area contributed by atoms with E-state index in [0.29, 0.717) is 31.0 Å². The van der Waals surface area contributed by atoms with Gasteiger partial charge in [-0.05, 0) is 61.7 Å². The Balaban J connectivity index is 1.78. The standard InChI is InChI=1S/C22H30N2O5S/c1-17-7-8-18(2)21(16-17)24(30(4,26)27)14-5-6-22(25)23-13-15-29-20-11-9-19(28-3)10-12-20/h7-12,16H,5-6,13-15H2,1-4H3,(H,23,25). The quantitative estimate of drug-likeness (QED) is 0.550. The number of methoxy groups -OCH3 is 1. The van der Waals surface area contributed by atoms with Gasteiger partial charge < -0.3 is 14.8 Å². The predicted molar refractivity (Wildman–Crippen MR) is 119 cm³/mol. The second kappa shape index (κ2) is 10.9. The third kappa shape index (κ3) is 7.26. The summed E-state index contributed by atoms with van der Waals surface area (Å²) in [6.07, 6.45) is 1.84. The van der Waals surface area contributed by atoms with Crippen LogP contribution < -0.4 is 19.1 Å². The van der Waals surface area contributed by atoms with E-state index in [1.54, 1.807) is 31.4 Å². The third-order valence-corrected chi connectivity index (χ3v) is 5.73. The molecule has 1 amide bonds. The smallest absolute Gasteiger partial charge is 0.232 e. The molecule has 2 rings (SSSR count). The number of nitrogens with one attached hydrogen (secondary N) is 1. The van der Waals surface area contributed by atoms with Crippen LogP contribution in [0.3, 0.4) is 0 Å². The number of aryl methyl sites for hydroxylation is 2. The Kier molecular flexibility index (Phi) is 8.53. The summed E-state index contributed by atoms with van der Waals surface area (Å²) in [5, 5.41) is 2.79. The number of anilines is 1. The Morgan fingerprint density at radius 2 is 1.73 bits per heavy atom. The molecule has 8 heteroatoms. The largest absolute Gasteiger partial charge is 0.497 e. The minimum absolute atomic E-state index is 0.136. The molecule has 0 saturated carbocycles. The average Bonchev–Trinajstić information content (AvgIpc) is 2.70. The van der Waals surface area contributed by atoms with Gasteiger partial charge in [0.05, 0.1) is 25.6 Å². The fraction of sp³-hybridized carbons (Fsp3) is 0.409. The van der Waals surface area contributed by atoms with E-state index in [1.165, 1.54) is 10.6 Å². The van der Waals surface area contributed by atoms with Gasteiger partial charge in [-0.3, -0.25) is 9.10 Å². The van der Waals surface area contributed by atoms with Crippen molar-refractivity contribution < 1.29 is 22.7 Å². The van der Waals surface area contributed by atoms with Gasteiger partial charge in [-0.1, -0.05) is 12.1 Å². The average molecular weight is 435 g/mol. The van der Waals surface area contributed by atoms with Crippen LogP contribution in [0.25, 0.3) is 0 Å². The Hall–Kier alpha value is -2.74. The molecule has 1 N–H and O–H groups in total. The summed E-state index contributed by atoms with van der Waals surface area (Å²) in [6.45, 7) is 4.76. The van der Waals surface area contributed by atoms with Crippen LogP contribution >= 0.6 is 0 Å². The van der Waals surface area contributed by atoms with Gasteiger partial charge in [-0.15, -0.1) is 0 Å². The van der Waals surface area contributed by atoms with Gasteiger partial charge in [0.2, 0.25) is 15.9 Å². The lowest BCUT2D eigenvalue weighted by Gasteiger charge is -2.24. The van der Waals surface area contributed by atoms with Gasteiger partial charge in [-0.25, -0.2) is 8.42 Å². The molecule has 0 aliphatic heterocycles. The monoisotopic (exact) mass is 434 g/mol. The number of ether oxygens (including phenoxy) is 2. The highest BCUT2D eigenvalue weighted by Crippen LogP contribution is 2.24. The van der Waals surface area contributed by atoms with Crippen LogP contribution in [0.2, 0.25) is 0 Å². The number of amides is 1. The molecule has 0 aliphatic rings. The second-order valence-corrected chi connectivity index (χ2v) is 9.01. The van der Waals surface area contributed by atoms with Gasteiger partial charge in [-0.2, -0.15) is 0 Å². The van der Waals surface area contributed by atoms with Crippen molar-refractivity contribution >= 4 is 21.6 Å². The van der Waals surface area contributed by atoms with Crippen molar-refractivity contribution in [3.8, 4) is 11.5 Å². The Labute approximate surface area is 179 Å². The van der Waals surface area contributed by atoms with E-state index in [4.69, 9.17) is 9.47 Å². The van der Waals surface area contributed by atoms with Crippen LogP contribution in [0.15, 0.2) is 42.5 Å². The molecular weight excluding hydrogens is 404 g/mol. The van der Waals surface area contributed by atoms with Crippen LogP contribution in [0.1, 0.15) is 24.0 Å². The van der Waals surface area contributed by atoms with Gasteiger partial charge >= 0.3 is 0 Å². The molecule has 0 radical (unpaired) electrons. The normalized spacial score (nSPS) is 11.1. The van der Waals surface area contributed by atoms with Gasteiger partial charge in [0.1, 0.15) is 18.1 Å². The number of sulfonamides is 1. The predicted octanol–water partition coefficient (Wildman–Crippen LogP) is 3.05. The van der Waals surface area contributed by atoms with Crippen LogP contribution in [0.5, 0.6) is 11.5 Å². The lowest BCUT2D eigenvalue weighted by atomic mass is 10.1. The van der Waals surface area contributed by atoms with E-state index in [-0.39, 0.29) is 18.9 Å². The Morgan fingerprint density at radius 1 is 1.07 bits per heavy atom. The van der Waals surface area contributed by atoms with E-state index in [9.17, 15) is 13.2 Å². The number of carbonyl (C=O) groups is 1. The molecular formula is C22H30N2O5S. The first kappa shape index (κ1) is 23.5. The lowest BCUT2D eigenvalue weighted by Crippen LogP contribution is -2.33. The lowest BCUT2D eigenvalue weighted by molar-refractivity contribution is -0.121. The van der Waals surface area contributed by atoms with E-state index in [1.807, 2.05) is 32.0 Å². The van der Waals surface area contributed by atoms with E-state index >= 15 is 0 Å². The Morgan fingerprint density at radius 3 is 2.37 bits per heavy atom. The fourth-order valence-electron chi connectivity index (χ4n) is 2.96. The number of nitrogens with zero attached hydrogens (tertiary/aromatic N) is 1. The first-order chi connectivity index (χ1) is 14.2. The molecule has 0 aliphatic carbocycles. The molecule has 2 aromatic rings. The summed E-state index contributed by atoms with van der Waals surface area (Å²) in [5.74, 6) is 1.31. The summed E-state index contributed by atoms with van der Waals surface area (Å²) in [7, 11) is -1.84. The summed E-state index contributed by atoms with van der Waals surface area (Å²) >= 11 is 0. The maximum atomic E-state index is 12.3. The van der Waals surface area contributed by atoms with Crippen molar-refractivity contribution in [2.45, 2.75) is 26.7 Å². The van der Waals surface area contributed by atoms with Crippen molar-refractivity contribution in [1.82, 2.24) is 5.32 Å². The summed E-state index contributed by atoms with van der Waals surface area (Å²) in [5.41, 5.74) is 2.52. The fourth-order valence-corrected chi connectivity index (χ4v) is 3.97. The molecule has 0 heterocycles. The molecule has 30 heavy (non-hydrogen) atoms. The molecule has 2 aromatic carbocycles. The summed E-state index contributed by atoms with van der Waals surface area (Å²) in [6, 6.07) is 12.9. The van der Waals surface area contributed by atoms with Crippen molar-refractivity contribution in [1.29, 1.82) is 0 Å². The number of rotatable bonds is 11. The minimum Gasteiger partial charge on any atom is -0.497 e. The number of hydrogen-bond donors (Lipinski definition) is 1. The maximum absolute atomic E-state index is 12.3. The molecule has 0 aromatic heterocycles. The Bertz CT molecular complexity index is 943.